The summed E-state index contributed by atoms with van der Waals surface area (Å²) in [6, 6.07) is 10.8. The van der Waals surface area contributed by atoms with Gasteiger partial charge in [0.25, 0.3) is 0 Å². The zero-order chi connectivity index (χ0) is 14.4. The van der Waals surface area contributed by atoms with Gasteiger partial charge >= 0.3 is 0 Å². The van der Waals surface area contributed by atoms with E-state index in [1.807, 2.05) is 24.3 Å². The second kappa shape index (κ2) is 6.73. The molecule has 0 aliphatic carbocycles. The van der Waals surface area contributed by atoms with Crippen molar-refractivity contribution in [2.24, 2.45) is 0 Å². The fourth-order valence-electron chi connectivity index (χ4n) is 1.54. The Morgan fingerprint density at radius 3 is 2.70 bits per heavy atom. The van der Waals surface area contributed by atoms with Crippen LogP contribution in [0.4, 0.5) is 5.69 Å². The number of pyridine rings is 1. The molecule has 1 amide bonds. The van der Waals surface area contributed by atoms with Crippen LogP contribution < -0.4 is 10.1 Å². The molecule has 4 nitrogen and oxygen atoms in total. The van der Waals surface area contributed by atoms with Gasteiger partial charge in [-0.25, -0.2) is 4.98 Å². The number of hydrogen-bond donors (Lipinski definition) is 1. The van der Waals surface area contributed by atoms with Crippen LogP contribution in [0.25, 0.3) is 6.08 Å². The summed E-state index contributed by atoms with van der Waals surface area (Å²) in [5.41, 5.74) is 1.39. The molecule has 0 saturated heterocycles. The largest absolute Gasteiger partial charge is 0.497 e. The Bertz CT molecular complexity index is 624. The third-order valence-corrected chi connectivity index (χ3v) is 2.86. The van der Waals surface area contributed by atoms with Gasteiger partial charge in [0, 0.05) is 12.3 Å². The molecule has 0 radical (unpaired) electrons. The quantitative estimate of drug-likeness (QED) is 0.693. The molecule has 1 aromatic carbocycles. The van der Waals surface area contributed by atoms with Gasteiger partial charge in [-0.05, 0) is 35.9 Å². The van der Waals surface area contributed by atoms with Crippen molar-refractivity contribution < 1.29 is 9.53 Å². The Labute approximate surface area is 122 Å². The van der Waals surface area contributed by atoms with E-state index in [0.717, 1.165) is 11.3 Å². The van der Waals surface area contributed by atoms with Crippen LogP contribution in [0.5, 0.6) is 5.75 Å². The molecule has 1 N–H and O–H groups in total. The van der Waals surface area contributed by atoms with Crippen LogP contribution in [0.1, 0.15) is 5.56 Å². The van der Waals surface area contributed by atoms with Crippen LogP contribution in [0.15, 0.2) is 48.7 Å². The molecular formula is C15H13ClN2O2. The van der Waals surface area contributed by atoms with Crippen molar-refractivity contribution in [3.8, 4) is 5.75 Å². The number of amides is 1. The van der Waals surface area contributed by atoms with Gasteiger partial charge in [-0.1, -0.05) is 23.7 Å². The number of halogens is 1. The number of carbonyl (C=O) groups excluding carboxylic acids is 1. The fraction of sp³-hybridized carbons (Fsp3) is 0.0667. The SMILES string of the molecule is COc1ccc(C=CC(=O)Nc2cccnc2Cl)cc1. The maximum Gasteiger partial charge on any atom is 0.248 e. The third kappa shape index (κ3) is 3.83. The highest BCUT2D eigenvalue weighted by atomic mass is 35.5. The number of methoxy groups -OCH3 is 1. The predicted octanol–water partition coefficient (Wildman–Crippen LogP) is 3.40. The number of nitrogens with one attached hydrogen (secondary N) is 1. The molecule has 20 heavy (non-hydrogen) atoms. The lowest BCUT2D eigenvalue weighted by Gasteiger charge is -2.03. The summed E-state index contributed by atoms with van der Waals surface area (Å²) in [6.07, 6.45) is 4.70. The Balaban J connectivity index is 2.00. The molecule has 0 fully saturated rings. The standard InChI is InChI=1S/C15H13ClN2O2/c1-20-12-7-4-11(5-8-12)6-9-14(19)18-13-3-2-10-17-15(13)16/h2-10H,1H3,(H,18,19). The molecule has 0 unspecified atom stereocenters. The first-order valence-electron chi connectivity index (χ1n) is 5.92. The predicted molar refractivity (Wildman–Crippen MR) is 79.9 cm³/mol. The number of anilines is 1. The lowest BCUT2D eigenvalue weighted by Crippen LogP contribution is -2.08. The molecule has 0 saturated carbocycles. The van der Waals surface area contributed by atoms with Crippen molar-refractivity contribution in [2.45, 2.75) is 0 Å². The van der Waals surface area contributed by atoms with E-state index in [1.165, 1.54) is 6.08 Å². The summed E-state index contributed by atoms with van der Waals surface area (Å²) in [5.74, 6) is 0.504. The van der Waals surface area contributed by atoms with Crippen LogP contribution >= 0.6 is 11.6 Å². The van der Waals surface area contributed by atoms with E-state index < -0.39 is 0 Å². The van der Waals surface area contributed by atoms with Crippen molar-refractivity contribution in [1.82, 2.24) is 4.98 Å². The number of carbonyl (C=O) groups is 1. The number of nitrogens with zero attached hydrogens (tertiary/aromatic N) is 1. The van der Waals surface area contributed by atoms with Gasteiger partial charge in [0.05, 0.1) is 12.8 Å². The van der Waals surface area contributed by atoms with Crippen molar-refractivity contribution in [1.29, 1.82) is 0 Å². The first-order valence-corrected chi connectivity index (χ1v) is 6.30. The molecule has 0 aliphatic rings. The number of hydrogen-bond acceptors (Lipinski definition) is 3. The summed E-state index contributed by atoms with van der Waals surface area (Å²) in [4.78, 5) is 15.6. The summed E-state index contributed by atoms with van der Waals surface area (Å²) < 4.78 is 5.06. The maximum atomic E-state index is 11.8. The minimum absolute atomic E-state index is 0.263. The molecule has 2 rings (SSSR count). The fourth-order valence-corrected chi connectivity index (χ4v) is 1.71. The number of benzene rings is 1. The van der Waals surface area contributed by atoms with Crippen molar-refractivity contribution in [3.63, 3.8) is 0 Å². The lowest BCUT2D eigenvalue weighted by molar-refractivity contribution is -0.111. The normalized spacial score (nSPS) is 10.5. The molecule has 1 heterocycles. The molecule has 102 valence electrons. The molecule has 5 heteroatoms. The first-order chi connectivity index (χ1) is 9.69. The highest BCUT2D eigenvalue weighted by molar-refractivity contribution is 6.32. The average Bonchev–Trinajstić information content (AvgIpc) is 2.48. The molecule has 1 aromatic heterocycles. The second-order valence-electron chi connectivity index (χ2n) is 3.94. The molecule has 0 bridgehead atoms. The summed E-state index contributed by atoms with van der Waals surface area (Å²) in [7, 11) is 1.61. The zero-order valence-electron chi connectivity index (χ0n) is 10.8. The van der Waals surface area contributed by atoms with E-state index in [1.54, 1.807) is 31.5 Å². The average molecular weight is 289 g/mol. The number of aromatic nitrogens is 1. The topological polar surface area (TPSA) is 51.2 Å². The summed E-state index contributed by atoms with van der Waals surface area (Å²) in [6.45, 7) is 0. The smallest absolute Gasteiger partial charge is 0.248 e. The van der Waals surface area contributed by atoms with Gasteiger partial charge < -0.3 is 10.1 Å². The van der Waals surface area contributed by atoms with Crippen LogP contribution in [0, 0.1) is 0 Å². The van der Waals surface area contributed by atoms with Crippen molar-refractivity contribution >= 4 is 29.3 Å². The maximum absolute atomic E-state index is 11.8. The van der Waals surface area contributed by atoms with E-state index in [-0.39, 0.29) is 11.1 Å². The Kier molecular flexibility index (Phi) is 4.74. The van der Waals surface area contributed by atoms with E-state index in [0.29, 0.717) is 5.69 Å². The van der Waals surface area contributed by atoms with Crippen molar-refractivity contribution in [3.05, 3.63) is 59.4 Å². The van der Waals surface area contributed by atoms with Gasteiger partial charge in [0.2, 0.25) is 5.91 Å². The first kappa shape index (κ1) is 14.1. The monoisotopic (exact) mass is 288 g/mol. The molecule has 2 aromatic rings. The highest BCUT2D eigenvalue weighted by Gasteiger charge is 2.02. The van der Waals surface area contributed by atoms with Crippen LogP contribution in [-0.4, -0.2) is 18.0 Å². The van der Waals surface area contributed by atoms with Gasteiger partial charge in [-0.2, -0.15) is 0 Å². The Morgan fingerprint density at radius 1 is 1.30 bits per heavy atom. The molecule has 0 atom stereocenters. The summed E-state index contributed by atoms with van der Waals surface area (Å²) in [5, 5.41) is 2.92. The zero-order valence-corrected chi connectivity index (χ0v) is 11.6. The van der Waals surface area contributed by atoms with Gasteiger partial charge in [0.1, 0.15) is 5.75 Å². The number of ether oxygens (including phenoxy) is 1. The van der Waals surface area contributed by atoms with Crippen LogP contribution in [-0.2, 0) is 4.79 Å². The van der Waals surface area contributed by atoms with Gasteiger partial charge in [-0.15, -0.1) is 0 Å². The molecule has 0 spiro atoms. The van der Waals surface area contributed by atoms with Crippen molar-refractivity contribution in [2.75, 3.05) is 12.4 Å². The third-order valence-electron chi connectivity index (χ3n) is 2.56. The minimum Gasteiger partial charge on any atom is -0.497 e. The lowest BCUT2D eigenvalue weighted by atomic mass is 10.2. The van der Waals surface area contributed by atoms with Crippen LogP contribution in [0.2, 0.25) is 5.15 Å². The van der Waals surface area contributed by atoms with Crippen LogP contribution in [0.3, 0.4) is 0 Å². The minimum atomic E-state index is -0.268. The Morgan fingerprint density at radius 2 is 2.05 bits per heavy atom. The van der Waals surface area contributed by atoms with Gasteiger partial charge in [0.15, 0.2) is 5.15 Å². The second-order valence-corrected chi connectivity index (χ2v) is 4.30. The highest BCUT2D eigenvalue weighted by Crippen LogP contribution is 2.17. The van der Waals surface area contributed by atoms with E-state index in [9.17, 15) is 4.79 Å². The Hall–Kier alpha value is -2.33. The summed E-state index contributed by atoms with van der Waals surface area (Å²) >= 11 is 5.86. The van der Waals surface area contributed by atoms with E-state index in [4.69, 9.17) is 16.3 Å². The molecular weight excluding hydrogens is 276 g/mol. The van der Waals surface area contributed by atoms with E-state index >= 15 is 0 Å². The molecule has 0 aliphatic heterocycles. The van der Waals surface area contributed by atoms with E-state index in [2.05, 4.69) is 10.3 Å². The van der Waals surface area contributed by atoms with Gasteiger partial charge in [-0.3, -0.25) is 4.79 Å². The number of rotatable bonds is 4.